The van der Waals surface area contributed by atoms with Crippen LogP contribution in [0.4, 0.5) is 4.39 Å². The molecule has 1 aromatic heterocycles. The Morgan fingerprint density at radius 3 is 1.86 bits per heavy atom. The molecular formula is C26H21FN2O5S2. The summed E-state index contributed by atoms with van der Waals surface area (Å²) in [6.45, 7) is 0. The molecule has 0 fully saturated rings. The number of carbonyl (C=O) groups excluding carboxylic acids is 1. The molecule has 1 heterocycles. The van der Waals surface area contributed by atoms with E-state index in [4.69, 9.17) is 0 Å². The third kappa shape index (κ3) is 5.67. The Morgan fingerprint density at radius 1 is 0.806 bits per heavy atom. The summed E-state index contributed by atoms with van der Waals surface area (Å²) in [4.78, 5) is 13.0. The number of halogens is 1. The molecule has 0 bridgehead atoms. The fourth-order valence-electron chi connectivity index (χ4n) is 3.45. The van der Waals surface area contributed by atoms with Gasteiger partial charge in [-0.3, -0.25) is 4.79 Å². The van der Waals surface area contributed by atoms with E-state index >= 15 is 0 Å². The minimum absolute atomic E-state index is 0.114. The third-order valence-electron chi connectivity index (χ3n) is 5.37. The molecule has 0 aliphatic heterocycles. The van der Waals surface area contributed by atoms with Crippen molar-refractivity contribution in [2.75, 3.05) is 12.5 Å². The van der Waals surface area contributed by atoms with Gasteiger partial charge in [0, 0.05) is 35.4 Å². The molecule has 0 aliphatic carbocycles. The summed E-state index contributed by atoms with van der Waals surface area (Å²) < 4.78 is 61.9. The molecule has 0 N–H and O–H groups in total. The molecule has 0 spiro atoms. The van der Waals surface area contributed by atoms with Crippen LogP contribution in [0.2, 0.25) is 0 Å². The minimum Gasteiger partial charge on any atom is -0.289 e. The number of sulfone groups is 2. The third-order valence-corrected chi connectivity index (χ3v) is 7.63. The van der Waals surface area contributed by atoms with Gasteiger partial charge in [0.1, 0.15) is 5.82 Å². The summed E-state index contributed by atoms with van der Waals surface area (Å²) in [5.74, 6) is -0.738. The van der Waals surface area contributed by atoms with Crippen molar-refractivity contribution < 1.29 is 26.0 Å². The molecular weight excluding hydrogens is 503 g/mol. The van der Waals surface area contributed by atoms with Crippen LogP contribution < -0.4 is 0 Å². The maximum absolute atomic E-state index is 13.4. The molecule has 0 unspecified atom stereocenters. The van der Waals surface area contributed by atoms with Crippen LogP contribution >= 0.6 is 0 Å². The molecule has 10 heteroatoms. The Balaban J connectivity index is 1.72. The molecule has 0 aliphatic rings. The van der Waals surface area contributed by atoms with E-state index in [1.54, 1.807) is 36.5 Å². The molecule has 0 amide bonds. The van der Waals surface area contributed by atoms with Crippen LogP contribution in [0.5, 0.6) is 0 Å². The Morgan fingerprint density at radius 2 is 1.33 bits per heavy atom. The van der Waals surface area contributed by atoms with Gasteiger partial charge in [-0.2, -0.15) is 5.10 Å². The van der Waals surface area contributed by atoms with Gasteiger partial charge < -0.3 is 0 Å². The van der Waals surface area contributed by atoms with Gasteiger partial charge in [-0.1, -0.05) is 12.1 Å². The fourth-order valence-corrected chi connectivity index (χ4v) is 4.71. The molecule has 36 heavy (non-hydrogen) atoms. The molecule has 4 rings (SSSR count). The van der Waals surface area contributed by atoms with Crippen molar-refractivity contribution in [3.05, 3.63) is 102 Å². The number of rotatable bonds is 7. The number of hydrogen-bond donors (Lipinski definition) is 0. The molecule has 4 aromatic rings. The van der Waals surface area contributed by atoms with E-state index in [2.05, 4.69) is 5.10 Å². The molecule has 0 saturated heterocycles. The topological polar surface area (TPSA) is 103 Å². The van der Waals surface area contributed by atoms with Crippen LogP contribution in [-0.2, 0) is 19.7 Å². The highest BCUT2D eigenvalue weighted by atomic mass is 32.2. The monoisotopic (exact) mass is 524 g/mol. The summed E-state index contributed by atoms with van der Waals surface area (Å²) >= 11 is 0. The summed E-state index contributed by atoms with van der Waals surface area (Å²) in [6.07, 6.45) is 6.79. The standard InChI is InChI=1S/C26H21FN2O5S2/c1-35(31,32)23-12-3-18(4-13-23)25(30)16-7-20-17-29(22-10-8-21(27)9-11-22)28-26(20)19-5-14-24(15-6-19)36(2,33)34/h3-17H,1-2H3/b16-7+. The first-order valence-corrected chi connectivity index (χ1v) is 14.4. The first-order valence-electron chi connectivity index (χ1n) is 10.6. The van der Waals surface area contributed by atoms with E-state index in [0.717, 1.165) is 12.5 Å². The van der Waals surface area contributed by atoms with Crippen LogP contribution in [0.3, 0.4) is 0 Å². The lowest BCUT2D eigenvalue weighted by Gasteiger charge is -2.03. The number of benzene rings is 3. The maximum Gasteiger partial charge on any atom is 0.185 e. The smallest absolute Gasteiger partial charge is 0.185 e. The molecule has 184 valence electrons. The minimum atomic E-state index is -3.38. The number of ketones is 1. The lowest BCUT2D eigenvalue weighted by Crippen LogP contribution is -1.99. The van der Waals surface area contributed by atoms with Crippen LogP contribution in [0.25, 0.3) is 23.0 Å². The summed E-state index contributed by atoms with van der Waals surface area (Å²) in [5.41, 5.74) is 2.56. The summed E-state index contributed by atoms with van der Waals surface area (Å²) in [5, 5.41) is 4.58. The molecule has 0 atom stereocenters. The number of aromatic nitrogens is 2. The lowest BCUT2D eigenvalue weighted by atomic mass is 10.1. The van der Waals surface area contributed by atoms with Gasteiger partial charge in [0.25, 0.3) is 0 Å². The molecule has 3 aromatic carbocycles. The van der Waals surface area contributed by atoms with Gasteiger partial charge in [-0.15, -0.1) is 0 Å². The van der Waals surface area contributed by atoms with Crippen molar-refractivity contribution in [2.45, 2.75) is 9.79 Å². The lowest BCUT2D eigenvalue weighted by molar-refractivity contribution is 0.104. The number of carbonyl (C=O) groups is 1. The first-order chi connectivity index (χ1) is 16.9. The van der Waals surface area contributed by atoms with E-state index in [1.165, 1.54) is 59.3 Å². The largest absolute Gasteiger partial charge is 0.289 e. The normalized spacial score (nSPS) is 12.2. The zero-order valence-corrected chi connectivity index (χ0v) is 20.9. The van der Waals surface area contributed by atoms with Gasteiger partial charge in [-0.25, -0.2) is 25.9 Å². The predicted octanol–water partition coefficient (Wildman–Crippen LogP) is 4.38. The second kappa shape index (κ2) is 9.63. The molecule has 7 nitrogen and oxygen atoms in total. The Kier molecular flexibility index (Phi) is 6.75. The van der Waals surface area contributed by atoms with Crippen molar-refractivity contribution in [1.29, 1.82) is 0 Å². The van der Waals surface area contributed by atoms with Crippen LogP contribution in [0.1, 0.15) is 15.9 Å². The van der Waals surface area contributed by atoms with Crippen LogP contribution in [0, 0.1) is 5.82 Å². The van der Waals surface area contributed by atoms with Crippen molar-refractivity contribution in [3.8, 4) is 16.9 Å². The van der Waals surface area contributed by atoms with E-state index in [9.17, 15) is 26.0 Å². The van der Waals surface area contributed by atoms with E-state index in [-0.39, 0.29) is 15.6 Å². The van der Waals surface area contributed by atoms with Crippen molar-refractivity contribution in [2.24, 2.45) is 0 Å². The maximum atomic E-state index is 13.4. The highest BCUT2D eigenvalue weighted by Gasteiger charge is 2.14. The Hall–Kier alpha value is -3.89. The van der Waals surface area contributed by atoms with E-state index < -0.39 is 25.5 Å². The van der Waals surface area contributed by atoms with Crippen molar-refractivity contribution in [3.63, 3.8) is 0 Å². The zero-order valence-electron chi connectivity index (χ0n) is 19.3. The summed E-state index contributed by atoms with van der Waals surface area (Å²) in [6, 6.07) is 17.5. The second-order valence-corrected chi connectivity index (χ2v) is 12.2. The average molecular weight is 525 g/mol. The van der Waals surface area contributed by atoms with Crippen molar-refractivity contribution in [1.82, 2.24) is 9.78 Å². The number of nitrogens with zero attached hydrogens (tertiary/aromatic N) is 2. The Bertz CT molecular complexity index is 1670. The van der Waals surface area contributed by atoms with E-state index in [1.807, 2.05) is 0 Å². The fraction of sp³-hybridized carbons (Fsp3) is 0.0769. The van der Waals surface area contributed by atoms with Crippen LogP contribution in [0.15, 0.2) is 94.9 Å². The van der Waals surface area contributed by atoms with Gasteiger partial charge in [0.05, 0.1) is 21.2 Å². The highest BCUT2D eigenvalue weighted by Crippen LogP contribution is 2.26. The quantitative estimate of drug-likeness (QED) is 0.263. The number of allylic oxidation sites excluding steroid dienone is 1. The molecule has 0 saturated carbocycles. The van der Waals surface area contributed by atoms with Crippen LogP contribution in [-0.4, -0.2) is 44.9 Å². The first kappa shape index (κ1) is 25.2. The van der Waals surface area contributed by atoms with Gasteiger partial charge in [0.15, 0.2) is 25.5 Å². The molecule has 0 radical (unpaired) electrons. The van der Waals surface area contributed by atoms with Gasteiger partial charge >= 0.3 is 0 Å². The second-order valence-electron chi connectivity index (χ2n) is 8.14. The zero-order chi connectivity index (χ0) is 26.1. The average Bonchev–Trinajstić information content (AvgIpc) is 3.26. The van der Waals surface area contributed by atoms with Crippen molar-refractivity contribution >= 4 is 31.5 Å². The highest BCUT2D eigenvalue weighted by molar-refractivity contribution is 7.91. The summed E-state index contributed by atoms with van der Waals surface area (Å²) in [7, 11) is -6.75. The van der Waals surface area contributed by atoms with Gasteiger partial charge in [-0.05, 0) is 72.8 Å². The van der Waals surface area contributed by atoms with E-state index in [0.29, 0.717) is 28.1 Å². The number of hydrogen-bond acceptors (Lipinski definition) is 6. The SMILES string of the molecule is CS(=O)(=O)c1ccc(C(=O)/C=C/c2cn(-c3ccc(F)cc3)nc2-c2ccc(S(C)(=O)=O)cc2)cc1. The predicted molar refractivity (Wildman–Crippen MR) is 135 cm³/mol. The van der Waals surface area contributed by atoms with Gasteiger partial charge in [0.2, 0.25) is 0 Å². The Labute approximate surface area is 208 Å².